The second kappa shape index (κ2) is 7.03. The summed E-state index contributed by atoms with van der Waals surface area (Å²) in [5, 5.41) is 6.57. The summed E-state index contributed by atoms with van der Waals surface area (Å²) < 4.78 is 0. The van der Waals surface area contributed by atoms with E-state index in [0.29, 0.717) is 40.5 Å². The number of nitrogens with zero attached hydrogens (tertiary/aromatic N) is 1. The van der Waals surface area contributed by atoms with Crippen LogP contribution in [0.3, 0.4) is 0 Å². The first-order valence-electron chi connectivity index (χ1n) is 11.9. The summed E-state index contributed by atoms with van der Waals surface area (Å²) in [6.07, 6.45) is 1.55. The molecule has 6 nitrogen and oxygen atoms in total. The van der Waals surface area contributed by atoms with Crippen molar-refractivity contribution in [2.75, 3.05) is 17.2 Å². The van der Waals surface area contributed by atoms with E-state index in [2.05, 4.69) is 15.5 Å². The number of Topliss-reactive ketones (excluding diaryl/α,β-unsaturated/α-hetero) is 1. The largest absolute Gasteiger partial charge is 0.325 e. The van der Waals surface area contributed by atoms with Crippen molar-refractivity contribution in [1.29, 1.82) is 0 Å². The summed E-state index contributed by atoms with van der Waals surface area (Å²) in [5.74, 6) is -1.67. The molecule has 4 atom stereocenters. The maximum absolute atomic E-state index is 14.6. The summed E-state index contributed by atoms with van der Waals surface area (Å²) >= 11 is 6.46. The van der Waals surface area contributed by atoms with Crippen molar-refractivity contribution in [3.63, 3.8) is 0 Å². The molecule has 2 saturated heterocycles. The second-order valence-electron chi connectivity index (χ2n) is 9.79. The van der Waals surface area contributed by atoms with Gasteiger partial charge in [0.25, 0.3) is 0 Å². The molecule has 2 spiro atoms. The third-order valence-electron chi connectivity index (χ3n) is 8.41. The average molecular weight is 484 g/mol. The maximum Gasteiger partial charge on any atom is 0.250 e. The number of para-hydroxylation sites is 1. The van der Waals surface area contributed by atoms with Crippen LogP contribution in [-0.2, 0) is 20.5 Å². The van der Waals surface area contributed by atoms with E-state index in [1.807, 2.05) is 42.5 Å². The summed E-state index contributed by atoms with van der Waals surface area (Å²) in [5.41, 5.74) is 0.737. The van der Waals surface area contributed by atoms with Gasteiger partial charge in [0.15, 0.2) is 5.78 Å². The van der Waals surface area contributed by atoms with Crippen molar-refractivity contribution in [3.05, 3.63) is 94.5 Å². The van der Waals surface area contributed by atoms with Gasteiger partial charge in [-0.1, -0.05) is 60.1 Å². The van der Waals surface area contributed by atoms with E-state index in [4.69, 9.17) is 11.6 Å². The highest BCUT2D eigenvalue weighted by molar-refractivity contribution is 6.31. The van der Waals surface area contributed by atoms with Crippen LogP contribution in [0.1, 0.15) is 34.3 Å². The summed E-state index contributed by atoms with van der Waals surface area (Å²) in [6.45, 7) is 0.611. The van der Waals surface area contributed by atoms with Crippen LogP contribution in [0.2, 0.25) is 5.02 Å². The molecule has 2 amide bonds. The molecule has 0 radical (unpaired) electrons. The fraction of sp³-hybridized carbons (Fsp3) is 0.250. The minimum Gasteiger partial charge on any atom is -0.325 e. The molecule has 174 valence electrons. The number of fused-ring (bicyclic) bond motifs is 7. The Balaban J connectivity index is 1.60. The summed E-state index contributed by atoms with van der Waals surface area (Å²) in [7, 11) is 0. The number of rotatable bonds is 2. The molecule has 0 bridgehead atoms. The minimum absolute atomic E-state index is 0.213. The van der Waals surface area contributed by atoms with E-state index >= 15 is 0 Å². The fourth-order valence-electron chi connectivity index (χ4n) is 7.29. The molecule has 3 aromatic carbocycles. The summed E-state index contributed by atoms with van der Waals surface area (Å²) in [4.78, 5) is 45.0. The van der Waals surface area contributed by atoms with Gasteiger partial charge in [0.05, 0.1) is 5.92 Å². The zero-order valence-electron chi connectivity index (χ0n) is 18.8. The highest BCUT2D eigenvalue weighted by atomic mass is 35.5. The smallest absolute Gasteiger partial charge is 0.250 e. The van der Waals surface area contributed by atoms with Crippen molar-refractivity contribution < 1.29 is 14.4 Å². The van der Waals surface area contributed by atoms with Crippen LogP contribution < -0.4 is 10.6 Å². The van der Waals surface area contributed by atoms with Crippen LogP contribution in [0.25, 0.3) is 0 Å². The Morgan fingerprint density at radius 2 is 1.60 bits per heavy atom. The van der Waals surface area contributed by atoms with Crippen LogP contribution in [0.15, 0.2) is 72.8 Å². The number of carbonyl (C=O) groups is 3. The Morgan fingerprint density at radius 3 is 2.43 bits per heavy atom. The molecule has 35 heavy (non-hydrogen) atoms. The van der Waals surface area contributed by atoms with Crippen molar-refractivity contribution in [2.24, 2.45) is 5.92 Å². The molecule has 0 aromatic heterocycles. The van der Waals surface area contributed by atoms with Gasteiger partial charge >= 0.3 is 0 Å². The average Bonchev–Trinajstić information content (AvgIpc) is 3.59. The van der Waals surface area contributed by atoms with E-state index in [9.17, 15) is 14.4 Å². The Labute approximate surface area is 207 Å². The zero-order chi connectivity index (χ0) is 23.9. The molecule has 2 fully saturated rings. The van der Waals surface area contributed by atoms with Crippen LogP contribution >= 0.6 is 11.6 Å². The lowest BCUT2D eigenvalue weighted by atomic mass is 9.60. The van der Waals surface area contributed by atoms with Gasteiger partial charge in [-0.3, -0.25) is 19.3 Å². The Hall–Kier alpha value is -3.48. The van der Waals surface area contributed by atoms with Gasteiger partial charge in [0, 0.05) is 33.6 Å². The standard InChI is InChI=1S/C28H22ClN3O3/c29-17-12-13-21-19(15-17)28(26(35)31-21)24(23(33)16-7-2-1-3-8-16)27(22-11-6-14-32(22)28)18-9-4-5-10-20(18)30-25(27)34/h1-5,7-10,12-13,15,22,24H,6,11,14H2,(H,30,34)(H,31,35)/t22-,24-,27-,28-/m1/s1. The molecule has 3 aromatic rings. The van der Waals surface area contributed by atoms with E-state index in [-0.39, 0.29) is 23.6 Å². The van der Waals surface area contributed by atoms with Gasteiger partial charge < -0.3 is 10.6 Å². The van der Waals surface area contributed by atoms with Crippen molar-refractivity contribution in [3.8, 4) is 0 Å². The van der Waals surface area contributed by atoms with Crippen molar-refractivity contribution in [2.45, 2.75) is 29.8 Å². The Kier molecular flexibility index (Phi) is 4.19. The maximum atomic E-state index is 14.6. The number of carbonyl (C=O) groups excluding carboxylic acids is 3. The number of ketones is 1. The normalized spacial score (nSPS) is 30.3. The lowest BCUT2D eigenvalue weighted by Gasteiger charge is -2.38. The monoisotopic (exact) mass is 483 g/mol. The molecule has 7 heteroatoms. The second-order valence-corrected chi connectivity index (χ2v) is 10.2. The lowest BCUT2D eigenvalue weighted by molar-refractivity contribution is -0.128. The summed E-state index contributed by atoms with van der Waals surface area (Å²) in [6, 6.07) is 21.6. The third-order valence-corrected chi connectivity index (χ3v) is 8.64. The number of hydrogen-bond donors (Lipinski definition) is 2. The molecule has 4 heterocycles. The van der Waals surface area contributed by atoms with Crippen LogP contribution in [0.4, 0.5) is 11.4 Å². The first-order chi connectivity index (χ1) is 17.0. The molecular weight excluding hydrogens is 462 g/mol. The van der Waals surface area contributed by atoms with Gasteiger partial charge in [0.1, 0.15) is 11.0 Å². The third kappa shape index (κ3) is 2.36. The Bertz CT molecular complexity index is 1440. The minimum atomic E-state index is -1.34. The van der Waals surface area contributed by atoms with Gasteiger partial charge in [-0.05, 0) is 49.2 Å². The first-order valence-corrected chi connectivity index (χ1v) is 12.3. The zero-order valence-corrected chi connectivity index (χ0v) is 19.5. The fourth-order valence-corrected chi connectivity index (χ4v) is 7.46. The number of hydrogen-bond acceptors (Lipinski definition) is 4. The van der Waals surface area contributed by atoms with Crippen molar-refractivity contribution >= 4 is 40.6 Å². The predicted molar refractivity (Wildman–Crippen MR) is 132 cm³/mol. The molecule has 0 unspecified atom stereocenters. The van der Waals surface area contributed by atoms with Crippen LogP contribution in [0, 0.1) is 5.92 Å². The van der Waals surface area contributed by atoms with E-state index in [0.717, 1.165) is 12.0 Å². The van der Waals surface area contributed by atoms with E-state index in [1.54, 1.807) is 30.3 Å². The van der Waals surface area contributed by atoms with E-state index < -0.39 is 16.9 Å². The number of halogens is 1. The quantitative estimate of drug-likeness (QED) is 0.531. The van der Waals surface area contributed by atoms with Gasteiger partial charge in [0.2, 0.25) is 11.8 Å². The SMILES string of the molecule is O=C(c1ccccc1)[C@@H]1[C@]2(C(=O)Nc3ccccc32)[C@H]2CCCN2[C@@]12C(=O)Nc1ccc(Cl)cc12. The topological polar surface area (TPSA) is 78.5 Å². The lowest BCUT2D eigenvalue weighted by Crippen LogP contribution is -2.55. The molecule has 2 N–H and O–H groups in total. The van der Waals surface area contributed by atoms with Gasteiger partial charge in [-0.25, -0.2) is 0 Å². The highest BCUT2D eigenvalue weighted by Crippen LogP contribution is 2.66. The predicted octanol–water partition coefficient (Wildman–Crippen LogP) is 4.35. The highest BCUT2D eigenvalue weighted by Gasteiger charge is 2.78. The molecule has 0 saturated carbocycles. The van der Waals surface area contributed by atoms with Crippen LogP contribution in [-0.4, -0.2) is 35.1 Å². The van der Waals surface area contributed by atoms with Gasteiger partial charge in [-0.2, -0.15) is 0 Å². The molecule has 0 aliphatic carbocycles. The number of amides is 2. The number of anilines is 2. The van der Waals surface area contributed by atoms with Crippen LogP contribution in [0.5, 0.6) is 0 Å². The molecule has 7 rings (SSSR count). The van der Waals surface area contributed by atoms with Gasteiger partial charge in [-0.15, -0.1) is 0 Å². The Morgan fingerprint density at radius 1 is 0.886 bits per heavy atom. The molecular formula is C28H22ClN3O3. The number of nitrogens with one attached hydrogen (secondary N) is 2. The van der Waals surface area contributed by atoms with Crippen molar-refractivity contribution in [1.82, 2.24) is 4.90 Å². The first kappa shape index (κ1) is 20.9. The van der Waals surface area contributed by atoms with E-state index in [1.165, 1.54) is 0 Å². The molecule has 4 aliphatic rings. The molecule has 4 aliphatic heterocycles. The number of benzene rings is 3.